The normalized spacial score (nSPS) is 15.1. The number of ether oxygens (including phenoxy) is 1. The van der Waals surface area contributed by atoms with E-state index in [0.29, 0.717) is 26.1 Å². The number of rotatable bonds is 7. The Balaban J connectivity index is 0.000000494. The van der Waals surface area contributed by atoms with Crippen molar-refractivity contribution in [3.63, 3.8) is 0 Å². The van der Waals surface area contributed by atoms with E-state index in [1.54, 1.807) is 4.90 Å². The summed E-state index contributed by atoms with van der Waals surface area (Å²) in [5.74, 6) is -0.739. The van der Waals surface area contributed by atoms with Crippen molar-refractivity contribution in [2.75, 3.05) is 33.3 Å². The number of aromatic hydroxyl groups is 1. The van der Waals surface area contributed by atoms with Gasteiger partial charge in [0.05, 0.1) is 19.0 Å². The molecule has 0 radical (unpaired) electrons. The highest BCUT2D eigenvalue weighted by molar-refractivity contribution is 5.95. The second kappa shape index (κ2) is 15.6. The molecule has 2 fully saturated rings. The van der Waals surface area contributed by atoms with Crippen molar-refractivity contribution in [1.29, 1.82) is 0 Å². The van der Waals surface area contributed by atoms with Gasteiger partial charge in [-0.2, -0.15) is 0 Å². The lowest BCUT2D eigenvalue weighted by Gasteiger charge is -2.34. The van der Waals surface area contributed by atoms with Gasteiger partial charge in [0.2, 0.25) is 11.8 Å². The van der Waals surface area contributed by atoms with E-state index in [4.69, 9.17) is 9.15 Å². The average molecular weight is 654 g/mol. The maximum absolute atomic E-state index is 12.9. The Morgan fingerprint density at radius 3 is 2.29 bits per heavy atom. The second-order valence-electron chi connectivity index (χ2n) is 12.5. The molecule has 3 amide bonds. The minimum Gasteiger partial charge on any atom is -0.504 e. The molecule has 2 aliphatic rings. The molecule has 48 heavy (non-hydrogen) atoms. The third kappa shape index (κ3) is 8.42. The van der Waals surface area contributed by atoms with Gasteiger partial charge in [-0.3, -0.25) is 19.2 Å². The predicted octanol–water partition coefficient (Wildman–Crippen LogP) is 5.46. The molecule has 2 N–H and O–H groups in total. The van der Waals surface area contributed by atoms with Crippen molar-refractivity contribution >= 4 is 28.7 Å². The first-order chi connectivity index (χ1) is 23.1. The highest BCUT2D eigenvalue weighted by Gasteiger charge is 2.27. The van der Waals surface area contributed by atoms with Gasteiger partial charge in [-0.25, -0.2) is 0 Å². The van der Waals surface area contributed by atoms with E-state index in [1.807, 2.05) is 17.0 Å². The SMILES string of the molecule is COc1cc2oc(C(=O)NCC(=O)N3CCC(c4ccccc4CN4CCCCC4=O)CC3)cc(=O)c2cc1O.Cc1ccc(C)cc1. The van der Waals surface area contributed by atoms with Gasteiger partial charge in [0.25, 0.3) is 5.91 Å². The Morgan fingerprint density at radius 1 is 0.938 bits per heavy atom. The summed E-state index contributed by atoms with van der Waals surface area (Å²) in [6.45, 7) is 6.51. The molecule has 3 heterocycles. The van der Waals surface area contributed by atoms with Crippen LogP contribution >= 0.6 is 0 Å². The molecule has 0 unspecified atom stereocenters. The summed E-state index contributed by atoms with van der Waals surface area (Å²) in [7, 11) is 1.36. The fourth-order valence-electron chi connectivity index (χ4n) is 6.19. The average Bonchev–Trinajstić information content (AvgIpc) is 3.10. The van der Waals surface area contributed by atoms with Crippen molar-refractivity contribution in [1.82, 2.24) is 15.1 Å². The van der Waals surface area contributed by atoms with E-state index >= 15 is 0 Å². The summed E-state index contributed by atoms with van der Waals surface area (Å²) in [5, 5.41) is 12.6. The number of nitrogens with zero attached hydrogens (tertiary/aromatic N) is 2. The predicted molar refractivity (Wildman–Crippen MR) is 183 cm³/mol. The summed E-state index contributed by atoms with van der Waals surface area (Å²) in [6, 6.07) is 20.3. The first-order valence-corrected chi connectivity index (χ1v) is 16.4. The maximum atomic E-state index is 12.9. The van der Waals surface area contributed by atoms with Crippen LogP contribution in [-0.4, -0.2) is 65.9 Å². The largest absolute Gasteiger partial charge is 0.504 e. The van der Waals surface area contributed by atoms with Crippen LogP contribution in [0.15, 0.2) is 75.9 Å². The second-order valence-corrected chi connectivity index (χ2v) is 12.5. The van der Waals surface area contributed by atoms with E-state index in [0.717, 1.165) is 38.3 Å². The molecule has 4 aromatic rings. The van der Waals surface area contributed by atoms with Crippen LogP contribution in [0.1, 0.15) is 70.8 Å². The summed E-state index contributed by atoms with van der Waals surface area (Å²) in [5.41, 5.74) is 4.65. The van der Waals surface area contributed by atoms with Gasteiger partial charge in [-0.15, -0.1) is 0 Å². The van der Waals surface area contributed by atoms with Crippen LogP contribution in [0.2, 0.25) is 0 Å². The molecule has 0 saturated carbocycles. The van der Waals surface area contributed by atoms with E-state index < -0.39 is 11.3 Å². The number of likely N-dealkylation sites (tertiary alicyclic amines) is 2. The fraction of sp³-hybridized carbons (Fsp3) is 0.368. The van der Waals surface area contributed by atoms with Gasteiger partial charge in [-0.1, -0.05) is 59.7 Å². The fourth-order valence-corrected chi connectivity index (χ4v) is 6.19. The number of piperidine rings is 2. The summed E-state index contributed by atoms with van der Waals surface area (Å²) >= 11 is 0. The zero-order chi connectivity index (χ0) is 34.2. The number of aryl methyl sites for hydroxylation is 2. The number of fused-ring (bicyclic) bond motifs is 1. The van der Waals surface area contributed by atoms with Gasteiger partial charge >= 0.3 is 0 Å². The number of nitrogens with one attached hydrogen (secondary N) is 1. The molecular formula is C38H43N3O7. The summed E-state index contributed by atoms with van der Waals surface area (Å²) in [4.78, 5) is 54.0. The van der Waals surface area contributed by atoms with Crippen molar-refractivity contribution in [2.45, 2.75) is 58.4 Å². The van der Waals surface area contributed by atoms with Crippen LogP contribution in [0.4, 0.5) is 0 Å². The quantitative estimate of drug-likeness (QED) is 0.271. The Morgan fingerprint density at radius 2 is 1.62 bits per heavy atom. The summed E-state index contributed by atoms with van der Waals surface area (Å²) < 4.78 is 10.6. The van der Waals surface area contributed by atoms with E-state index in [2.05, 4.69) is 55.6 Å². The molecule has 0 spiro atoms. The zero-order valence-corrected chi connectivity index (χ0v) is 27.8. The van der Waals surface area contributed by atoms with E-state index in [-0.39, 0.29) is 52.5 Å². The third-order valence-electron chi connectivity index (χ3n) is 9.00. The number of phenolic OH excluding ortho intramolecular Hbond substituents is 1. The molecule has 10 nitrogen and oxygen atoms in total. The molecule has 10 heteroatoms. The Labute approximate surface area is 280 Å². The molecule has 2 saturated heterocycles. The molecule has 0 bridgehead atoms. The lowest BCUT2D eigenvalue weighted by atomic mass is 9.86. The number of carbonyl (C=O) groups is 3. The van der Waals surface area contributed by atoms with Crippen LogP contribution in [0.3, 0.4) is 0 Å². The van der Waals surface area contributed by atoms with Gasteiger partial charge < -0.3 is 29.4 Å². The van der Waals surface area contributed by atoms with Crippen LogP contribution < -0.4 is 15.5 Å². The highest BCUT2D eigenvalue weighted by atomic mass is 16.5. The first-order valence-electron chi connectivity index (χ1n) is 16.4. The topological polar surface area (TPSA) is 129 Å². The summed E-state index contributed by atoms with van der Waals surface area (Å²) in [6.07, 6.45) is 4.20. The minimum atomic E-state index is -0.685. The lowest BCUT2D eigenvalue weighted by molar-refractivity contribution is -0.134. The molecule has 1 aromatic heterocycles. The van der Waals surface area contributed by atoms with Crippen molar-refractivity contribution in [3.05, 3.63) is 105 Å². The Hall–Kier alpha value is -5.12. The van der Waals surface area contributed by atoms with Gasteiger partial charge in [0, 0.05) is 44.7 Å². The van der Waals surface area contributed by atoms with Gasteiger partial charge in [-0.05, 0) is 62.6 Å². The molecular weight excluding hydrogens is 610 g/mol. The smallest absolute Gasteiger partial charge is 0.287 e. The van der Waals surface area contributed by atoms with Crippen LogP contribution in [0.25, 0.3) is 11.0 Å². The molecule has 3 aromatic carbocycles. The minimum absolute atomic E-state index is 0.0885. The van der Waals surface area contributed by atoms with Crippen molar-refractivity contribution in [3.8, 4) is 11.5 Å². The number of methoxy groups -OCH3 is 1. The Kier molecular flexibility index (Phi) is 11.2. The van der Waals surface area contributed by atoms with Crippen molar-refractivity contribution in [2.24, 2.45) is 0 Å². The van der Waals surface area contributed by atoms with Crippen LogP contribution in [-0.2, 0) is 16.1 Å². The lowest BCUT2D eigenvalue weighted by Crippen LogP contribution is -2.44. The molecule has 0 aliphatic carbocycles. The molecule has 252 valence electrons. The number of hydrogen-bond donors (Lipinski definition) is 2. The first kappa shape index (κ1) is 34.2. The number of amides is 3. The number of phenols is 1. The molecule has 0 atom stereocenters. The van der Waals surface area contributed by atoms with Gasteiger partial charge in [0.15, 0.2) is 22.7 Å². The van der Waals surface area contributed by atoms with E-state index in [1.165, 1.54) is 41.5 Å². The third-order valence-corrected chi connectivity index (χ3v) is 9.00. The standard InChI is InChI=1S/C30H33N3O7.C8H10/c1-39-26-16-25-22(14-24(26)35)23(34)15-27(40-25)30(38)31-17-29(37)32-12-9-19(10-13-32)21-7-3-2-6-20(21)18-33-11-5-4-8-28(33)36;1-7-3-5-8(2)6-4-7/h2-3,6-7,14-16,19,35H,4-5,8-13,17-18H2,1H3,(H,31,38);3-6H,1-2H3. The number of carbonyl (C=O) groups excluding carboxylic acids is 3. The van der Waals surface area contributed by atoms with E-state index in [9.17, 15) is 24.3 Å². The Bertz CT molecular complexity index is 1800. The monoisotopic (exact) mass is 653 g/mol. The highest BCUT2D eigenvalue weighted by Crippen LogP contribution is 2.32. The maximum Gasteiger partial charge on any atom is 0.287 e. The molecule has 2 aliphatic heterocycles. The van der Waals surface area contributed by atoms with Crippen molar-refractivity contribution < 1.29 is 28.6 Å². The van der Waals surface area contributed by atoms with Crippen LogP contribution in [0.5, 0.6) is 11.5 Å². The zero-order valence-electron chi connectivity index (χ0n) is 27.8. The van der Waals surface area contributed by atoms with Crippen LogP contribution in [0, 0.1) is 13.8 Å². The number of benzene rings is 3. The molecule has 6 rings (SSSR count). The van der Waals surface area contributed by atoms with Gasteiger partial charge in [0.1, 0.15) is 5.58 Å². The number of hydrogen-bond acceptors (Lipinski definition) is 7.